The number of aliphatic imine (C=N–C) groups is 1. The fourth-order valence-corrected chi connectivity index (χ4v) is 2.68. The number of aromatic nitrogens is 2. The minimum atomic E-state index is 0. The molecule has 28 heavy (non-hydrogen) atoms. The first kappa shape index (κ1) is 24.3. The zero-order valence-electron chi connectivity index (χ0n) is 17.6. The van der Waals surface area contributed by atoms with Crippen LogP contribution in [0.2, 0.25) is 0 Å². The van der Waals surface area contributed by atoms with Crippen LogP contribution in [0.15, 0.2) is 41.7 Å². The molecule has 0 aliphatic carbocycles. The van der Waals surface area contributed by atoms with Gasteiger partial charge in [-0.2, -0.15) is 5.10 Å². The van der Waals surface area contributed by atoms with Crippen molar-refractivity contribution in [3.8, 4) is 5.75 Å². The summed E-state index contributed by atoms with van der Waals surface area (Å²) in [5, 5.41) is 11.0. The molecule has 1 heterocycles. The topological polar surface area (TPSA) is 63.5 Å². The second kappa shape index (κ2) is 12.6. The Hall–Kier alpha value is -1.77. The number of benzene rings is 1. The number of hydrogen-bond acceptors (Lipinski definition) is 3. The lowest BCUT2D eigenvalue weighted by Crippen LogP contribution is -2.39. The van der Waals surface area contributed by atoms with Crippen LogP contribution in [0.3, 0.4) is 0 Å². The molecule has 2 atom stereocenters. The van der Waals surface area contributed by atoms with E-state index in [-0.39, 0.29) is 30.1 Å². The van der Waals surface area contributed by atoms with Crippen molar-refractivity contribution in [1.29, 1.82) is 0 Å². The molecule has 156 valence electrons. The van der Waals surface area contributed by atoms with Crippen LogP contribution in [0.4, 0.5) is 0 Å². The molecule has 1 aromatic heterocycles. The predicted octanol–water partition coefficient (Wildman–Crippen LogP) is 3.99. The number of guanidine groups is 1. The van der Waals surface area contributed by atoms with Gasteiger partial charge in [-0.05, 0) is 43.9 Å². The maximum atomic E-state index is 6.09. The summed E-state index contributed by atoms with van der Waals surface area (Å²) >= 11 is 0. The van der Waals surface area contributed by atoms with Crippen LogP contribution < -0.4 is 15.4 Å². The average molecular weight is 499 g/mol. The summed E-state index contributed by atoms with van der Waals surface area (Å²) in [7, 11) is 1.79. The number of rotatable bonds is 9. The second-order valence-electron chi connectivity index (χ2n) is 7.09. The Morgan fingerprint density at radius 2 is 2.07 bits per heavy atom. The number of aryl methyl sites for hydroxylation is 1. The van der Waals surface area contributed by atoms with Gasteiger partial charge in [0.2, 0.25) is 0 Å². The highest BCUT2D eigenvalue weighted by Gasteiger charge is 2.10. The first-order valence-corrected chi connectivity index (χ1v) is 9.70. The molecule has 2 aromatic rings. The maximum absolute atomic E-state index is 6.09. The highest BCUT2D eigenvalue weighted by atomic mass is 127. The third-order valence-electron chi connectivity index (χ3n) is 4.47. The summed E-state index contributed by atoms with van der Waals surface area (Å²) in [6, 6.07) is 8.28. The number of halogens is 1. The van der Waals surface area contributed by atoms with Crippen molar-refractivity contribution in [2.24, 2.45) is 10.9 Å². The molecule has 6 nitrogen and oxygen atoms in total. The van der Waals surface area contributed by atoms with Crippen molar-refractivity contribution in [2.45, 2.75) is 53.3 Å². The Bertz CT molecular complexity index is 718. The van der Waals surface area contributed by atoms with Crippen LogP contribution in [-0.4, -0.2) is 35.4 Å². The van der Waals surface area contributed by atoms with Crippen molar-refractivity contribution in [3.63, 3.8) is 0 Å². The zero-order valence-corrected chi connectivity index (χ0v) is 19.9. The number of nitrogens with zero attached hydrogens (tertiary/aromatic N) is 3. The number of hydrogen-bond donors (Lipinski definition) is 2. The van der Waals surface area contributed by atoms with Gasteiger partial charge in [0.1, 0.15) is 5.75 Å². The Balaban J connectivity index is 0.00000392. The van der Waals surface area contributed by atoms with Gasteiger partial charge >= 0.3 is 0 Å². The van der Waals surface area contributed by atoms with Crippen molar-refractivity contribution >= 4 is 29.9 Å². The summed E-state index contributed by atoms with van der Waals surface area (Å²) in [5.74, 6) is 2.17. The van der Waals surface area contributed by atoms with Crippen LogP contribution in [0.25, 0.3) is 0 Å². The van der Waals surface area contributed by atoms with Gasteiger partial charge in [0.05, 0.1) is 6.10 Å². The van der Waals surface area contributed by atoms with Gasteiger partial charge in [-0.15, -0.1) is 24.0 Å². The van der Waals surface area contributed by atoms with E-state index in [0.29, 0.717) is 12.5 Å². The Morgan fingerprint density at radius 3 is 2.71 bits per heavy atom. The third-order valence-corrected chi connectivity index (χ3v) is 4.47. The lowest BCUT2D eigenvalue weighted by atomic mass is 10.1. The average Bonchev–Trinajstić information content (AvgIpc) is 3.16. The first-order chi connectivity index (χ1) is 13.0. The van der Waals surface area contributed by atoms with Crippen molar-refractivity contribution in [1.82, 2.24) is 20.4 Å². The van der Waals surface area contributed by atoms with Crippen LogP contribution >= 0.6 is 24.0 Å². The van der Waals surface area contributed by atoms with E-state index in [1.54, 1.807) is 13.2 Å². The highest BCUT2D eigenvalue weighted by molar-refractivity contribution is 14.0. The van der Waals surface area contributed by atoms with Gasteiger partial charge in [0.25, 0.3) is 0 Å². The van der Waals surface area contributed by atoms with E-state index in [4.69, 9.17) is 4.74 Å². The highest BCUT2D eigenvalue weighted by Crippen LogP contribution is 2.22. The first-order valence-electron chi connectivity index (χ1n) is 9.70. The quantitative estimate of drug-likeness (QED) is 0.311. The molecule has 0 aliphatic heterocycles. The SMILES string of the molecule is CCC(C)Oc1cc(C)ccc1CNC(=NC)NCC(C)Cn1cccn1.I. The van der Waals surface area contributed by atoms with Gasteiger partial charge in [0, 0.05) is 44.6 Å². The normalized spacial score (nSPS) is 13.4. The van der Waals surface area contributed by atoms with E-state index < -0.39 is 0 Å². The number of nitrogens with one attached hydrogen (secondary N) is 2. The van der Waals surface area contributed by atoms with Crippen LogP contribution in [0, 0.1) is 12.8 Å². The minimum absolute atomic E-state index is 0. The standard InChI is InChI=1S/C21H33N5O.HI/c1-6-18(4)27-20-12-16(2)8-9-19(20)14-24-21(22-5)23-13-17(3)15-26-11-7-10-25-26;/h7-12,17-18H,6,13-15H2,1-5H3,(H2,22,23,24);1H. The third kappa shape index (κ3) is 8.08. The summed E-state index contributed by atoms with van der Waals surface area (Å²) < 4.78 is 8.04. The van der Waals surface area contributed by atoms with Crippen LogP contribution in [0.5, 0.6) is 5.75 Å². The molecule has 0 spiro atoms. The van der Waals surface area contributed by atoms with Gasteiger partial charge in [-0.1, -0.05) is 26.0 Å². The predicted molar refractivity (Wildman–Crippen MR) is 127 cm³/mol. The Labute approximate surface area is 186 Å². The van der Waals surface area contributed by atoms with Gasteiger partial charge in [-0.3, -0.25) is 9.67 Å². The molecule has 0 aliphatic rings. The number of ether oxygens (including phenoxy) is 1. The summed E-state index contributed by atoms with van der Waals surface area (Å²) in [4.78, 5) is 4.33. The van der Waals surface area contributed by atoms with E-state index in [0.717, 1.165) is 36.8 Å². The molecule has 0 amide bonds. The molecule has 0 saturated heterocycles. The largest absolute Gasteiger partial charge is 0.490 e. The molecule has 0 radical (unpaired) electrons. The van der Waals surface area contributed by atoms with Crippen molar-refractivity contribution in [3.05, 3.63) is 47.8 Å². The fraction of sp³-hybridized carbons (Fsp3) is 0.524. The summed E-state index contributed by atoms with van der Waals surface area (Å²) in [6.45, 7) is 10.9. The Morgan fingerprint density at radius 1 is 1.29 bits per heavy atom. The summed E-state index contributed by atoms with van der Waals surface area (Å²) in [5.41, 5.74) is 2.33. The van der Waals surface area contributed by atoms with E-state index in [1.165, 1.54) is 5.56 Å². The smallest absolute Gasteiger partial charge is 0.191 e. The van der Waals surface area contributed by atoms with Gasteiger partial charge < -0.3 is 15.4 Å². The molecule has 2 rings (SSSR count). The van der Waals surface area contributed by atoms with E-state index in [2.05, 4.69) is 66.6 Å². The molecule has 2 N–H and O–H groups in total. The molecule has 2 unspecified atom stereocenters. The summed E-state index contributed by atoms with van der Waals surface area (Å²) in [6.07, 6.45) is 4.98. The molecule has 0 bridgehead atoms. The van der Waals surface area contributed by atoms with Gasteiger partial charge in [-0.25, -0.2) is 0 Å². The molecular weight excluding hydrogens is 465 g/mol. The minimum Gasteiger partial charge on any atom is -0.490 e. The van der Waals surface area contributed by atoms with E-state index in [1.807, 2.05) is 16.9 Å². The molecule has 7 heteroatoms. The fourth-order valence-electron chi connectivity index (χ4n) is 2.68. The molecular formula is C21H34IN5O. The van der Waals surface area contributed by atoms with Gasteiger partial charge in [0.15, 0.2) is 5.96 Å². The maximum Gasteiger partial charge on any atom is 0.191 e. The van der Waals surface area contributed by atoms with Crippen molar-refractivity contribution in [2.75, 3.05) is 13.6 Å². The lowest BCUT2D eigenvalue weighted by Gasteiger charge is -2.19. The Kier molecular flexibility index (Phi) is 11.0. The van der Waals surface area contributed by atoms with Crippen molar-refractivity contribution < 1.29 is 4.74 Å². The van der Waals surface area contributed by atoms with E-state index >= 15 is 0 Å². The second-order valence-corrected chi connectivity index (χ2v) is 7.09. The lowest BCUT2D eigenvalue weighted by molar-refractivity contribution is 0.215. The van der Waals surface area contributed by atoms with E-state index in [9.17, 15) is 0 Å². The molecule has 1 aromatic carbocycles. The zero-order chi connectivity index (χ0) is 19.6. The monoisotopic (exact) mass is 499 g/mol. The van der Waals surface area contributed by atoms with Crippen LogP contribution in [0.1, 0.15) is 38.3 Å². The van der Waals surface area contributed by atoms with Crippen LogP contribution in [-0.2, 0) is 13.1 Å². The molecule has 0 fully saturated rings. The molecule has 0 saturated carbocycles.